The highest BCUT2D eigenvalue weighted by Crippen LogP contribution is 2.32. The number of benzene rings is 2. The third kappa shape index (κ3) is 3.82. The largest absolute Gasteiger partial charge is 0.360 e. The molecule has 0 amide bonds. The molecule has 27 heavy (non-hydrogen) atoms. The van der Waals surface area contributed by atoms with E-state index in [0.29, 0.717) is 10.6 Å². The predicted molar refractivity (Wildman–Crippen MR) is 102 cm³/mol. The Morgan fingerprint density at radius 1 is 1.19 bits per heavy atom. The van der Waals surface area contributed by atoms with Crippen LogP contribution in [0.5, 0.6) is 0 Å². The maximum absolute atomic E-state index is 12.6. The van der Waals surface area contributed by atoms with Crippen LogP contribution in [0.15, 0.2) is 57.9 Å². The molecule has 138 valence electrons. The molecule has 0 fully saturated rings. The summed E-state index contributed by atoms with van der Waals surface area (Å²) in [7, 11) is -3.87. The van der Waals surface area contributed by atoms with Gasteiger partial charge in [-0.1, -0.05) is 53.2 Å². The summed E-state index contributed by atoms with van der Waals surface area (Å²) in [5.41, 5.74) is 1.97. The summed E-state index contributed by atoms with van der Waals surface area (Å²) in [5, 5.41) is 13.5. The summed E-state index contributed by atoms with van der Waals surface area (Å²) in [5.74, 6) is -0.344. The van der Waals surface area contributed by atoms with Gasteiger partial charge in [-0.05, 0) is 37.1 Å². The fourth-order valence-corrected chi connectivity index (χ4v) is 4.53. The van der Waals surface area contributed by atoms with Crippen molar-refractivity contribution in [2.75, 3.05) is 4.72 Å². The molecule has 0 saturated heterocycles. The Morgan fingerprint density at radius 2 is 1.89 bits per heavy atom. The molecule has 1 atom stereocenters. The summed E-state index contributed by atoms with van der Waals surface area (Å²) in [6, 6.07) is 16.2. The van der Waals surface area contributed by atoms with Crippen molar-refractivity contribution in [2.45, 2.75) is 24.7 Å². The lowest BCUT2D eigenvalue weighted by Crippen LogP contribution is -2.14. The predicted octanol–water partition coefficient (Wildman–Crippen LogP) is 4.40. The first-order valence-corrected chi connectivity index (χ1v) is 9.89. The van der Waals surface area contributed by atoms with E-state index in [1.54, 1.807) is 19.1 Å². The number of aryl methyl sites for hydroxylation is 2. The number of anilines is 1. The van der Waals surface area contributed by atoms with Crippen molar-refractivity contribution in [2.24, 2.45) is 0 Å². The lowest BCUT2D eigenvalue weighted by atomic mass is 9.92. The molecular formula is C19H16ClN3O3S. The summed E-state index contributed by atoms with van der Waals surface area (Å²) in [6.07, 6.45) is 0. The van der Waals surface area contributed by atoms with Crippen LogP contribution in [-0.4, -0.2) is 13.6 Å². The molecule has 6 nitrogen and oxygen atoms in total. The Hall–Kier alpha value is -2.82. The van der Waals surface area contributed by atoms with Gasteiger partial charge < -0.3 is 4.52 Å². The maximum Gasteiger partial charge on any atom is 0.267 e. The molecule has 1 aromatic heterocycles. The van der Waals surface area contributed by atoms with Crippen LogP contribution in [-0.2, 0) is 10.0 Å². The third-order valence-electron chi connectivity index (χ3n) is 4.06. The minimum Gasteiger partial charge on any atom is -0.360 e. The monoisotopic (exact) mass is 401 g/mol. The smallest absolute Gasteiger partial charge is 0.267 e. The third-order valence-corrected chi connectivity index (χ3v) is 6.01. The van der Waals surface area contributed by atoms with E-state index in [9.17, 15) is 13.7 Å². The first-order chi connectivity index (χ1) is 12.8. The van der Waals surface area contributed by atoms with Crippen LogP contribution in [0.1, 0.15) is 28.5 Å². The number of aromatic nitrogens is 1. The molecule has 3 rings (SSSR count). The van der Waals surface area contributed by atoms with Crippen LogP contribution in [0.3, 0.4) is 0 Å². The Kier molecular flexibility index (Phi) is 5.22. The van der Waals surface area contributed by atoms with Gasteiger partial charge in [0.05, 0.1) is 17.7 Å². The Labute approximate surface area is 162 Å². The van der Waals surface area contributed by atoms with Gasteiger partial charge in [0.15, 0.2) is 10.7 Å². The average Bonchev–Trinajstić information content (AvgIpc) is 2.97. The second kappa shape index (κ2) is 7.43. The van der Waals surface area contributed by atoms with Gasteiger partial charge in [0.25, 0.3) is 10.0 Å². The molecule has 1 N–H and O–H groups in total. The zero-order chi connectivity index (χ0) is 19.6. The highest BCUT2D eigenvalue weighted by molar-refractivity contribution is 7.92. The molecule has 2 aromatic carbocycles. The van der Waals surface area contributed by atoms with Crippen molar-refractivity contribution in [1.82, 2.24) is 5.16 Å². The first kappa shape index (κ1) is 19.0. The minimum atomic E-state index is -3.87. The second-order valence-electron chi connectivity index (χ2n) is 5.97. The molecule has 8 heteroatoms. The molecule has 0 aliphatic rings. The van der Waals surface area contributed by atoms with Crippen molar-refractivity contribution in [1.29, 1.82) is 5.26 Å². The summed E-state index contributed by atoms with van der Waals surface area (Å²) < 4.78 is 32.6. The topological polar surface area (TPSA) is 96.0 Å². The van der Waals surface area contributed by atoms with Crippen LogP contribution in [0.25, 0.3) is 0 Å². The van der Waals surface area contributed by atoms with Gasteiger partial charge in [0, 0.05) is 5.02 Å². The van der Waals surface area contributed by atoms with Crippen LogP contribution < -0.4 is 4.72 Å². The van der Waals surface area contributed by atoms with Gasteiger partial charge in [-0.2, -0.15) is 5.26 Å². The normalized spacial score (nSPS) is 12.4. The molecule has 3 aromatic rings. The number of rotatable bonds is 5. The molecule has 1 heterocycles. The molecule has 0 spiro atoms. The highest BCUT2D eigenvalue weighted by Gasteiger charge is 2.25. The molecule has 0 aliphatic heterocycles. The number of nitrogens with zero attached hydrogens (tertiary/aromatic N) is 2. The van der Waals surface area contributed by atoms with Crippen LogP contribution >= 0.6 is 11.6 Å². The van der Waals surface area contributed by atoms with E-state index in [2.05, 4.69) is 15.9 Å². The highest BCUT2D eigenvalue weighted by atomic mass is 35.5. The van der Waals surface area contributed by atoms with Crippen LogP contribution in [0, 0.1) is 25.2 Å². The SMILES string of the molecule is Cc1noc(C)c1S(=O)(=O)Nc1ccc([C@H](C#N)c2ccccc2)c(Cl)c1. The van der Waals surface area contributed by atoms with E-state index in [1.807, 2.05) is 30.3 Å². The van der Waals surface area contributed by atoms with Crippen molar-refractivity contribution in [3.05, 3.63) is 76.1 Å². The quantitative estimate of drug-likeness (QED) is 0.683. The number of nitrogens with one attached hydrogen (secondary N) is 1. The van der Waals surface area contributed by atoms with Crippen LogP contribution in [0.2, 0.25) is 5.02 Å². The second-order valence-corrected chi connectivity index (χ2v) is 7.99. The van der Waals surface area contributed by atoms with Crippen molar-refractivity contribution in [3.63, 3.8) is 0 Å². The van der Waals surface area contributed by atoms with E-state index in [0.717, 1.165) is 5.56 Å². The summed E-state index contributed by atoms with van der Waals surface area (Å²) in [6.45, 7) is 3.08. The first-order valence-electron chi connectivity index (χ1n) is 8.03. The fourth-order valence-electron chi connectivity index (χ4n) is 2.86. The Bertz CT molecular complexity index is 1100. The van der Waals surface area contributed by atoms with E-state index >= 15 is 0 Å². The van der Waals surface area contributed by atoms with Gasteiger partial charge in [-0.3, -0.25) is 4.72 Å². The number of hydrogen-bond acceptors (Lipinski definition) is 5. The Balaban J connectivity index is 1.93. The standard InChI is InChI=1S/C19H16ClN3O3S/c1-12-19(13(2)26-22-12)27(24,25)23-15-8-9-16(18(20)10-15)17(11-21)14-6-4-3-5-7-14/h3-10,17,23H,1-2H3/t17-/m1/s1. The summed E-state index contributed by atoms with van der Waals surface area (Å²) in [4.78, 5) is 0.00175. The molecule has 0 bridgehead atoms. The van der Waals surface area contributed by atoms with Gasteiger partial charge in [-0.15, -0.1) is 0 Å². The molecule has 0 aliphatic carbocycles. The molecule has 0 saturated carbocycles. The maximum atomic E-state index is 12.6. The minimum absolute atomic E-state index is 0.00175. The molecule has 0 radical (unpaired) electrons. The zero-order valence-electron chi connectivity index (χ0n) is 14.6. The van der Waals surface area contributed by atoms with Crippen molar-refractivity contribution < 1.29 is 12.9 Å². The van der Waals surface area contributed by atoms with Crippen LogP contribution in [0.4, 0.5) is 5.69 Å². The van der Waals surface area contributed by atoms with Gasteiger partial charge >= 0.3 is 0 Å². The zero-order valence-corrected chi connectivity index (χ0v) is 16.2. The average molecular weight is 402 g/mol. The number of nitriles is 1. The molecule has 0 unspecified atom stereocenters. The van der Waals surface area contributed by atoms with E-state index in [-0.39, 0.29) is 22.0 Å². The molecular weight excluding hydrogens is 386 g/mol. The lowest BCUT2D eigenvalue weighted by molar-refractivity contribution is 0.390. The fraction of sp³-hybridized carbons (Fsp3) is 0.158. The number of halogens is 1. The van der Waals surface area contributed by atoms with E-state index in [1.165, 1.54) is 13.0 Å². The number of hydrogen-bond donors (Lipinski definition) is 1. The van der Waals surface area contributed by atoms with Crippen molar-refractivity contribution >= 4 is 27.3 Å². The van der Waals surface area contributed by atoms with Crippen molar-refractivity contribution in [3.8, 4) is 6.07 Å². The van der Waals surface area contributed by atoms with Gasteiger partial charge in [0.2, 0.25) is 0 Å². The van der Waals surface area contributed by atoms with Gasteiger partial charge in [0.1, 0.15) is 5.69 Å². The summed E-state index contributed by atoms with van der Waals surface area (Å²) >= 11 is 6.35. The lowest BCUT2D eigenvalue weighted by Gasteiger charge is -2.14. The number of sulfonamides is 1. The van der Waals surface area contributed by atoms with E-state index < -0.39 is 15.9 Å². The Morgan fingerprint density at radius 3 is 2.44 bits per heavy atom. The van der Waals surface area contributed by atoms with E-state index in [4.69, 9.17) is 16.1 Å². The van der Waals surface area contributed by atoms with Gasteiger partial charge in [-0.25, -0.2) is 8.42 Å².